The lowest BCUT2D eigenvalue weighted by Gasteiger charge is -2.50. The van der Waals surface area contributed by atoms with Gasteiger partial charge in [-0.1, -0.05) is 12.1 Å². The fourth-order valence-corrected chi connectivity index (χ4v) is 6.03. The van der Waals surface area contributed by atoms with E-state index in [9.17, 15) is 29.3 Å². The Labute approximate surface area is 244 Å². The zero-order valence-electron chi connectivity index (χ0n) is 24.7. The molecule has 224 valence electrons. The first-order valence-electron chi connectivity index (χ1n) is 14.1. The molecule has 2 unspecified atom stereocenters. The second kappa shape index (κ2) is 10.2. The Morgan fingerprint density at radius 3 is 2.29 bits per heavy atom. The minimum Gasteiger partial charge on any atom is -0.455 e. The van der Waals surface area contributed by atoms with Crippen molar-refractivity contribution in [2.75, 3.05) is 13.1 Å². The number of hydrogen-bond donors (Lipinski definition) is 0. The Balaban J connectivity index is 1.42. The van der Waals surface area contributed by atoms with Crippen molar-refractivity contribution in [3.05, 3.63) is 62.9 Å². The molecule has 3 fully saturated rings. The summed E-state index contributed by atoms with van der Waals surface area (Å²) in [6, 6.07) is 4.99. The van der Waals surface area contributed by atoms with Crippen LogP contribution in [0.2, 0.25) is 0 Å². The lowest BCUT2D eigenvalue weighted by molar-refractivity contribution is -0.384. The summed E-state index contributed by atoms with van der Waals surface area (Å²) in [6.07, 6.45) is 1.95. The standard InChI is InChI=1S/C30H36N4O8/c1-29(2,3)41-27(37)23-19(13-18-11-12-31(25(18)35)15-17-7-9-21(10-8-17)34(39)40)14-20-16-32(28(38)42-30(4,5)6)24-22(20)33(23)26(24)36/h7-10,13,20,22,24H,11-12,14-16H2,1-6H3/t20?,22-,24?/m1/s1. The molecular formula is C30H36N4O8. The van der Waals surface area contributed by atoms with E-state index in [0.29, 0.717) is 37.1 Å². The zero-order chi connectivity index (χ0) is 30.7. The summed E-state index contributed by atoms with van der Waals surface area (Å²) in [4.78, 5) is 68.3. The minimum absolute atomic E-state index is 0.0239. The quantitative estimate of drug-likeness (QED) is 0.169. The topological polar surface area (TPSA) is 140 Å². The second-order valence-electron chi connectivity index (χ2n) is 13.2. The summed E-state index contributed by atoms with van der Waals surface area (Å²) in [5.74, 6) is -1.36. The van der Waals surface area contributed by atoms with Crippen LogP contribution in [0, 0.1) is 16.0 Å². The number of hydrogen-bond acceptors (Lipinski definition) is 8. The van der Waals surface area contributed by atoms with Crippen molar-refractivity contribution in [2.24, 2.45) is 5.92 Å². The van der Waals surface area contributed by atoms with E-state index in [0.717, 1.165) is 5.56 Å². The fraction of sp³-hybridized carbons (Fsp3) is 0.533. The fourth-order valence-electron chi connectivity index (χ4n) is 6.03. The number of carbonyl (C=O) groups is 4. The van der Waals surface area contributed by atoms with Crippen LogP contribution in [0.1, 0.15) is 59.9 Å². The summed E-state index contributed by atoms with van der Waals surface area (Å²) in [6.45, 7) is 11.5. The second-order valence-corrected chi connectivity index (χ2v) is 13.2. The van der Waals surface area contributed by atoms with Crippen molar-refractivity contribution in [1.82, 2.24) is 14.7 Å². The highest BCUT2D eigenvalue weighted by Crippen LogP contribution is 2.48. The van der Waals surface area contributed by atoms with Gasteiger partial charge in [0.15, 0.2) is 0 Å². The molecule has 12 nitrogen and oxygen atoms in total. The molecule has 5 rings (SSSR count). The van der Waals surface area contributed by atoms with Crippen LogP contribution in [0.15, 0.2) is 47.2 Å². The Morgan fingerprint density at radius 1 is 1.05 bits per heavy atom. The third kappa shape index (κ3) is 5.49. The Morgan fingerprint density at radius 2 is 1.69 bits per heavy atom. The average molecular weight is 581 g/mol. The third-order valence-corrected chi connectivity index (χ3v) is 7.69. The lowest BCUT2D eigenvalue weighted by Crippen LogP contribution is -2.69. The normalized spacial score (nSPS) is 24.7. The summed E-state index contributed by atoms with van der Waals surface area (Å²) in [5, 5.41) is 11.0. The number of likely N-dealkylation sites (tertiary alicyclic amines) is 2. The molecule has 0 N–H and O–H groups in total. The number of amides is 3. The highest BCUT2D eigenvalue weighted by molar-refractivity contribution is 6.03. The first-order chi connectivity index (χ1) is 19.5. The molecule has 1 aromatic carbocycles. The SMILES string of the molecule is CC(C)(C)OC(=O)C1=C(C=C2CCN(Cc3ccc([N+](=O)[O-])cc3)C2=O)CC2CN(C(=O)OC(C)(C)C)C3C(=O)N1[C@H]23. The van der Waals surface area contributed by atoms with Gasteiger partial charge in [0.05, 0.1) is 11.0 Å². The van der Waals surface area contributed by atoms with Crippen molar-refractivity contribution in [3.63, 3.8) is 0 Å². The smallest absolute Gasteiger partial charge is 0.411 e. The van der Waals surface area contributed by atoms with Gasteiger partial charge in [0.1, 0.15) is 22.9 Å². The number of nitro benzene ring substituents is 1. The first-order valence-corrected chi connectivity index (χ1v) is 14.1. The molecule has 3 atom stereocenters. The van der Waals surface area contributed by atoms with Gasteiger partial charge in [-0.3, -0.25) is 29.5 Å². The van der Waals surface area contributed by atoms with Crippen LogP contribution in [0.3, 0.4) is 0 Å². The van der Waals surface area contributed by atoms with E-state index < -0.39 is 34.2 Å². The lowest BCUT2D eigenvalue weighted by atomic mass is 9.79. The van der Waals surface area contributed by atoms with E-state index in [4.69, 9.17) is 9.47 Å². The largest absolute Gasteiger partial charge is 0.455 e. The van der Waals surface area contributed by atoms with Crippen LogP contribution >= 0.6 is 0 Å². The molecule has 42 heavy (non-hydrogen) atoms. The number of rotatable bonds is 5. The molecule has 3 saturated heterocycles. The van der Waals surface area contributed by atoms with E-state index in [1.54, 1.807) is 64.7 Å². The monoisotopic (exact) mass is 580 g/mol. The van der Waals surface area contributed by atoms with Gasteiger partial charge in [-0.15, -0.1) is 0 Å². The number of carbonyl (C=O) groups excluding carboxylic acids is 4. The molecule has 0 aromatic heterocycles. The van der Waals surface area contributed by atoms with Crippen LogP contribution in [0.5, 0.6) is 0 Å². The van der Waals surface area contributed by atoms with Crippen molar-refractivity contribution >= 4 is 29.6 Å². The number of nitro groups is 1. The van der Waals surface area contributed by atoms with Crippen molar-refractivity contribution in [2.45, 2.75) is 84.2 Å². The van der Waals surface area contributed by atoms with Crippen LogP contribution in [-0.2, 0) is 30.4 Å². The van der Waals surface area contributed by atoms with Crippen LogP contribution < -0.4 is 0 Å². The number of benzene rings is 1. The molecule has 4 aliphatic heterocycles. The van der Waals surface area contributed by atoms with Crippen molar-refractivity contribution in [1.29, 1.82) is 0 Å². The van der Waals surface area contributed by atoms with Crippen LogP contribution in [0.25, 0.3) is 0 Å². The van der Waals surface area contributed by atoms with E-state index in [1.165, 1.54) is 21.9 Å². The molecule has 0 bridgehead atoms. The molecule has 1 aromatic rings. The average Bonchev–Trinajstić information content (AvgIpc) is 3.40. The molecule has 3 amide bonds. The molecular weight excluding hydrogens is 544 g/mol. The van der Waals surface area contributed by atoms with Gasteiger partial charge in [0.2, 0.25) is 5.91 Å². The van der Waals surface area contributed by atoms with Gasteiger partial charge < -0.3 is 14.4 Å². The highest BCUT2D eigenvalue weighted by Gasteiger charge is 2.64. The van der Waals surface area contributed by atoms with Gasteiger partial charge in [-0.2, -0.15) is 0 Å². The maximum atomic E-state index is 13.5. The van der Waals surface area contributed by atoms with Crippen molar-refractivity contribution < 1.29 is 33.6 Å². The Hall–Kier alpha value is -4.22. The van der Waals surface area contributed by atoms with Gasteiger partial charge in [0, 0.05) is 43.3 Å². The van der Waals surface area contributed by atoms with E-state index >= 15 is 0 Å². The van der Waals surface area contributed by atoms with Crippen LogP contribution in [0.4, 0.5) is 10.5 Å². The van der Waals surface area contributed by atoms with E-state index in [1.807, 2.05) is 0 Å². The zero-order valence-corrected chi connectivity index (χ0v) is 24.7. The molecule has 12 heteroatoms. The summed E-state index contributed by atoms with van der Waals surface area (Å²) >= 11 is 0. The number of β-lactam (4-membered cyclic amide) rings is 1. The molecule has 4 aliphatic rings. The van der Waals surface area contributed by atoms with Gasteiger partial charge in [0.25, 0.3) is 11.6 Å². The van der Waals surface area contributed by atoms with Gasteiger partial charge in [-0.05, 0) is 71.6 Å². The third-order valence-electron chi connectivity index (χ3n) is 7.69. The predicted molar refractivity (Wildman–Crippen MR) is 150 cm³/mol. The highest BCUT2D eigenvalue weighted by atomic mass is 16.6. The van der Waals surface area contributed by atoms with E-state index in [-0.39, 0.29) is 41.7 Å². The van der Waals surface area contributed by atoms with Gasteiger partial charge >= 0.3 is 12.1 Å². The predicted octanol–water partition coefficient (Wildman–Crippen LogP) is 3.70. The van der Waals surface area contributed by atoms with Crippen LogP contribution in [-0.4, -0.2) is 79.9 Å². The summed E-state index contributed by atoms with van der Waals surface area (Å²) < 4.78 is 11.2. The number of non-ortho nitro benzene ring substituents is 1. The number of esters is 1. The van der Waals surface area contributed by atoms with Crippen molar-refractivity contribution in [3.8, 4) is 0 Å². The maximum absolute atomic E-state index is 13.5. The Kier molecular flexibility index (Phi) is 7.14. The molecule has 0 radical (unpaired) electrons. The molecule has 0 aliphatic carbocycles. The minimum atomic E-state index is -0.810. The first kappa shape index (κ1) is 29.3. The maximum Gasteiger partial charge on any atom is 0.411 e. The van der Waals surface area contributed by atoms with Gasteiger partial charge in [-0.25, -0.2) is 9.59 Å². The Bertz CT molecular complexity index is 1420. The summed E-state index contributed by atoms with van der Waals surface area (Å²) in [7, 11) is 0. The number of allylic oxidation sites excluding steroid dienone is 2. The number of nitrogens with zero attached hydrogens (tertiary/aromatic N) is 4. The number of ether oxygens (including phenoxy) is 2. The summed E-state index contributed by atoms with van der Waals surface area (Å²) in [5.41, 5.74) is 0.347. The molecule has 0 spiro atoms. The molecule has 0 saturated carbocycles. The van der Waals surface area contributed by atoms with E-state index in [2.05, 4.69) is 0 Å². The molecule has 4 heterocycles.